The van der Waals surface area contributed by atoms with Crippen molar-refractivity contribution in [3.63, 3.8) is 0 Å². The van der Waals surface area contributed by atoms with E-state index in [1.54, 1.807) is 12.1 Å². The molecule has 0 aromatic heterocycles. The van der Waals surface area contributed by atoms with E-state index in [0.29, 0.717) is 18.2 Å². The van der Waals surface area contributed by atoms with Crippen LogP contribution in [0.15, 0.2) is 18.2 Å². The van der Waals surface area contributed by atoms with Crippen LogP contribution in [0.2, 0.25) is 0 Å². The third-order valence-corrected chi connectivity index (χ3v) is 6.86. The van der Waals surface area contributed by atoms with E-state index in [0.717, 1.165) is 51.4 Å². The zero-order valence-corrected chi connectivity index (χ0v) is 21.3. The van der Waals surface area contributed by atoms with Crippen molar-refractivity contribution in [3.8, 4) is 5.75 Å². The molecule has 0 spiro atoms. The molecule has 0 radical (unpaired) electrons. The molecule has 1 aliphatic carbocycles. The lowest BCUT2D eigenvalue weighted by molar-refractivity contribution is -0.139. The van der Waals surface area contributed by atoms with Crippen LogP contribution in [0.3, 0.4) is 0 Å². The number of amides is 2. The molecular weight excluding hydrogens is 459 g/mol. The molecule has 2 aliphatic heterocycles. The number of carbonyl (C=O) groups excluding carboxylic acids is 2. The summed E-state index contributed by atoms with van der Waals surface area (Å²) >= 11 is 0. The van der Waals surface area contributed by atoms with Gasteiger partial charge in [0.2, 0.25) is 11.8 Å². The number of likely N-dealkylation sites (tertiary alicyclic amines) is 1. The number of nitrogens with zero attached hydrogens (tertiary/aromatic N) is 3. The summed E-state index contributed by atoms with van der Waals surface area (Å²) in [4.78, 5) is 31.3. The molecule has 1 N–H and O–H groups in total. The van der Waals surface area contributed by atoms with Crippen molar-refractivity contribution in [1.29, 1.82) is 0 Å². The van der Waals surface area contributed by atoms with Gasteiger partial charge in [0.05, 0.1) is 23.8 Å². The average Bonchev–Trinajstić information content (AvgIpc) is 3.59. The minimum Gasteiger partial charge on any atom is -0.489 e. The molecule has 9 heteroatoms. The predicted molar refractivity (Wildman–Crippen MR) is 133 cm³/mol. The molecule has 2 heterocycles. The van der Waals surface area contributed by atoms with Crippen LogP contribution in [0.5, 0.6) is 5.75 Å². The van der Waals surface area contributed by atoms with Crippen molar-refractivity contribution >= 4 is 29.9 Å². The molecule has 2 amide bonds. The van der Waals surface area contributed by atoms with Gasteiger partial charge in [-0.25, -0.2) is 4.39 Å². The number of piperazine rings is 1. The summed E-state index contributed by atoms with van der Waals surface area (Å²) in [6.45, 7) is 11.2. The second-order valence-electron chi connectivity index (χ2n) is 9.91. The lowest BCUT2D eigenvalue weighted by Crippen LogP contribution is -2.47. The number of benzene rings is 1. The Morgan fingerprint density at radius 2 is 1.79 bits per heavy atom. The molecule has 0 bridgehead atoms. The highest BCUT2D eigenvalue weighted by molar-refractivity contribution is 6.06. The van der Waals surface area contributed by atoms with Crippen molar-refractivity contribution < 1.29 is 18.7 Å². The third-order valence-electron chi connectivity index (χ3n) is 6.86. The molecule has 2 atom stereocenters. The second kappa shape index (κ2) is 11.7. The predicted octanol–water partition coefficient (Wildman–Crippen LogP) is 2.92. The first-order valence-electron chi connectivity index (χ1n) is 12.4. The Morgan fingerprint density at radius 1 is 1.09 bits per heavy atom. The van der Waals surface area contributed by atoms with E-state index in [1.807, 2.05) is 20.8 Å². The van der Waals surface area contributed by atoms with Gasteiger partial charge in [-0.2, -0.15) is 0 Å². The molecule has 4 rings (SSSR count). The fourth-order valence-electron chi connectivity index (χ4n) is 4.73. The van der Waals surface area contributed by atoms with E-state index in [-0.39, 0.29) is 48.1 Å². The zero-order valence-electron chi connectivity index (χ0n) is 20.5. The Balaban J connectivity index is 0.00000324. The highest BCUT2D eigenvalue weighted by Crippen LogP contribution is 2.31. The first-order valence-corrected chi connectivity index (χ1v) is 12.4. The Hall–Kier alpha value is -1.90. The zero-order chi connectivity index (χ0) is 23.5. The maximum atomic E-state index is 13.9. The topological polar surface area (TPSA) is 65.1 Å². The number of anilines is 1. The van der Waals surface area contributed by atoms with Gasteiger partial charge in [0.15, 0.2) is 0 Å². The van der Waals surface area contributed by atoms with Crippen LogP contribution >= 0.6 is 12.4 Å². The van der Waals surface area contributed by atoms with E-state index < -0.39 is 0 Å². The molecule has 3 aliphatic rings. The summed E-state index contributed by atoms with van der Waals surface area (Å²) in [5, 5.41) is 3.32. The first-order chi connectivity index (χ1) is 15.8. The number of nitrogens with one attached hydrogen (secondary N) is 1. The van der Waals surface area contributed by atoms with Crippen LogP contribution in [0.4, 0.5) is 10.1 Å². The van der Waals surface area contributed by atoms with Crippen LogP contribution in [-0.4, -0.2) is 79.6 Å². The van der Waals surface area contributed by atoms with Gasteiger partial charge < -0.3 is 15.0 Å². The highest BCUT2D eigenvalue weighted by atomic mass is 35.5. The molecular formula is C25H38ClFN4O3. The lowest BCUT2D eigenvalue weighted by atomic mass is 10.1. The van der Waals surface area contributed by atoms with E-state index in [1.165, 1.54) is 23.8 Å². The number of halogens is 2. The number of imide groups is 1. The number of carbonyl (C=O) groups is 2. The summed E-state index contributed by atoms with van der Waals surface area (Å²) in [6.07, 6.45) is 3.23. The largest absolute Gasteiger partial charge is 0.489 e. The van der Waals surface area contributed by atoms with E-state index in [2.05, 4.69) is 15.1 Å². The van der Waals surface area contributed by atoms with Gasteiger partial charge in [0.25, 0.3) is 0 Å². The average molecular weight is 497 g/mol. The van der Waals surface area contributed by atoms with Gasteiger partial charge in [-0.05, 0) is 64.3 Å². The van der Waals surface area contributed by atoms with E-state index >= 15 is 0 Å². The Kier molecular flexibility index (Phi) is 9.18. The third kappa shape index (κ3) is 6.40. The van der Waals surface area contributed by atoms with Gasteiger partial charge in [-0.1, -0.05) is 6.92 Å². The Labute approximate surface area is 208 Å². The quantitative estimate of drug-likeness (QED) is 0.502. The summed E-state index contributed by atoms with van der Waals surface area (Å²) in [5.74, 6) is 0.720. The van der Waals surface area contributed by atoms with Crippen molar-refractivity contribution in [1.82, 2.24) is 15.1 Å². The van der Waals surface area contributed by atoms with Gasteiger partial charge in [-0.15, -0.1) is 12.4 Å². The van der Waals surface area contributed by atoms with Crippen LogP contribution in [-0.2, 0) is 9.59 Å². The number of hydrogen-bond donors (Lipinski definition) is 1. The molecule has 2 unspecified atom stereocenters. The molecule has 190 valence electrons. The lowest BCUT2D eigenvalue weighted by Gasteiger charge is -2.37. The molecule has 34 heavy (non-hydrogen) atoms. The molecule has 1 saturated carbocycles. The first kappa shape index (κ1) is 26.7. The standard InChI is InChI=1S/C25H37FN4O3.ClH/c1-17(2)33-22-8-7-20(26)15-21(22)29-13-11-28(12-14-29)9-4-10-30-24(31)18(3)23(25(30)32)27-16-19-5-6-19;/h7-8,15,17-19,23,27H,4-6,9-14,16H2,1-3H3;1H. The number of ether oxygens (including phenoxy) is 1. The van der Waals surface area contributed by atoms with Crippen molar-refractivity contribution in [2.75, 3.05) is 50.7 Å². The van der Waals surface area contributed by atoms with Gasteiger partial charge >= 0.3 is 0 Å². The fourth-order valence-corrected chi connectivity index (χ4v) is 4.73. The van der Waals surface area contributed by atoms with E-state index in [4.69, 9.17) is 4.74 Å². The maximum Gasteiger partial charge on any atom is 0.247 e. The van der Waals surface area contributed by atoms with Crippen molar-refractivity contribution in [2.24, 2.45) is 11.8 Å². The van der Waals surface area contributed by atoms with Crippen molar-refractivity contribution in [2.45, 2.75) is 52.2 Å². The fraction of sp³-hybridized carbons (Fsp3) is 0.680. The summed E-state index contributed by atoms with van der Waals surface area (Å²) in [7, 11) is 0. The Bertz CT molecular complexity index is 859. The second-order valence-corrected chi connectivity index (χ2v) is 9.91. The minimum absolute atomic E-state index is 0. The summed E-state index contributed by atoms with van der Waals surface area (Å²) in [5.41, 5.74) is 0.801. The van der Waals surface area contributed by atoms with Gasteiger partial charge in [0, 0.05) is 38.8 Å². The molecule has 3 fully saturated rings. The normalized spacial score (nSPS) is 23.6. The molecule has 1 aromatic carbocycles. The number of hydrogen-bond acceptors (Lipinski definition) is 6. The van der Waals surface area contributed by atoms with Crippen LogP contribution in [0, 0.1) is 17.7 Å². The SMILES string of the molecule is CC(C)Oc1ccc(F)cc1N1CCN(CCCN2C(=O)C(C)C(NCC3CC3)C2=O)CC1.Cl. The molecule has 7 nitrogen and oxygen atoms in total. The van der Waals surface area contributed by atoms with Gasteiger partial charge in [0.1, 0.15) is 11.6 Å². The maximum absolute atomic E-state index is 13.9. The smallest absolute Gasteiger partial charge is 0.247 e. The van der Waals surface area contributed by atoms with Crippen LogP contribution in [0.1, 0.15) is 40.0 Å². The number of rotatable bonds is 10. The van der Waals surface area contributed by atoms with Crippen LogP contribution in [0.25, 0.3) is 0 Å². The van der Waals surface area contributed by atoms with Crippen LogP contribution < -0.4 is 15.0 Å². The highest BCUT2D eigenvalue weighted by Gasteiger charge is 2.44. The monoisotopic (exact) mass is 496 g/mol. The molecule has 2 saturated heterocycles. The van der Waals surface area contributed by atoms with E-state index in [9.17, 15) is 14.0 Å². The van der Waals surface area contributed by atoms with Crippen molar-refractivity contribution in [3.05, 3.63) is 24.0 Å². The van der Waals surface area contributed by atoms with Gasteiger partial charge in [-0.3, -0.25) is 19.4 Å². The summed E-state index contributed by atoms with van der Waals surface area (Å²) in [6, 6.07) is 4.32. The molecule has 1 aromatic rings. The summed E-state index contributed by atoms with van der Waals surface area (Å²) < 4.78 is 19.8. The Morgan fingerprint density at radius 3 is 2.44 bits per heavy atom. The minimum atomic E-state index is -0.366.